The van der Waals surface area contributed by atoms with Crippen molar-refractivity contribution in [3.8, 4) is 10.6 Å². The molecule has 1 fully saturated rings. The highest BCUT2D eigenvalue weighted by Crippen LogP contribution is 2.31. The molecule has 3 aromatic rings. The van der Waals surface area contributed by atoms with Crippen molar-refractivity contribution in [2.45, 2.75) is 33.0 Å². The molecule has 1 aliphatic rings. The molecule has 2 heterocycles. The molecule has 6 heteroatoms. The fraction of sp³-hybridized carbons (Fsp3) is 0.333. The number of benzene rings is 2. The number of nitrogens with zero attached hydrogens (tertiary/aromatic N) is 2. The van der Waals surface area contributed by atoms with Crippen molar-refractivity contribution in [3.63, 3.8) is 0 Å². The lowest BCUT2D eigenvalue weighted by Crippen LogP contribution is -2.49. The smallest absolute Gasteiger partial charge is 0.173 e. The number of nitrogens with one attached hydrogen (secondary N) is 1. The molecule has 140 valence electrons. The van der Waals surface area contributed by atoms with Crippen molar-refractivity contribution in [1.29, 1.82) is 0 Å². The second-order valence-electron chi connectivity index (χ2n) is 7.16. The maximum absolute atomic E-state index is 5.78. The molecule has 0 amide bonds. The number of hydrogen-bond donors (Lipinski definition) is 1. The van der Waals surface area contributed by atoms with Crippen LogP contribution in [0.25, 0.3) is 20.8 Å². The van der Waals surface area contributed by atoms with Crippen molar-refractivity contribution in [1.82, 2.24) is 9.88 Å². The van der Waals surface area contributed by atoms with Gasteiger partial charge in [-0.1, -0.05) is 6.07 Å². The molecule has 0 radical (unpaired) electrons. The van der Waals surface area contributed by atoms with Gasteiger partial charge in [-0.25, -0.2) is 4.98 Å². The molecular weight excluding hydrogens is 374 g/mol. The van der Waals surface area contributed by atoms with Crippen LogP contribution in [-0.2, 0) is 4.74 Å². The molecule has 0 saturated carbocycles. The van der Waals surface area contributed by atoms with Crippen LogP contribution < -0.4 is 5.32 Å². The monoisotopic (exact) mass is 397 g/mol. The van der Waals surface area contributed by atoms with Gasteiger partial charge in [0.1, 0.15) is 5.01 Å². The fourth-order valence-corrected chi connectivity index (χ4v) is 4.73. The zero-order chi connectivity index (χ0) is 19.0. The Morgan fingerprint density at radius 2 is 1.85 bits per heavy atom. The first-order valence-corrected chi connectivity index (χ1v) is 10.4. The first-order chi connectivity index (χ1) is 13.0. The van der Waals surface area contributed by atoms with Gasteiger partial charge in [-0.3, -0.25) is 0 Å². The summed E-state index contributed by atoms with van der Waals surface area (Å²) >= 11 is 7.32. The van der Waals surface area contributed by atoms with Crippen LogP contribution in [0.5, 0.6) is 0 Å². The van der Waals surface area contributed by atoms with Gasteiger partial charge >= 0.3 is 0 Å². The molecule has 1 N–H and O–H groups in total. The van der Waals surface area contributed by atoms with Gasteiger partial charge in [0.25, 0.3) is 0 Å². The van der Waals surface area contributed by atoms with E-state index in [4.69, 9.17) is 21.9 Å². The van der Waals surface area contributed by atoms with Crippen molar-refractivity contribution in [2.24, 2.45) is 0 Å². The number of thiocarbonyl (C=S) groups is 1. The van der Waals surface area contributed by atoms with Crippen LogP contribution in [0.4, 0.5) is 5.69 Å². The Hall–Kier alpha value is -2.02. The van der Waals surface area contributed by atoms with Crippen LogP contribution in [0.15, 0.2) is 42.5 Å². The van der Waals surface area contributed by atoms with Gasteiger partial charge < -0.3 is 15.0 Å². The Morgan fingerprint density at radius 1 is 1.15 bits per heavy atom. The number of rotatable bonds is 2. The molecule has 1 saturated heterocycles. The van der Waals surface area contributed by atoms with Crippen LogP contribution in [0.2, 0.25) is 0 Å². The van der Waals surface area contributed by atoms with E-state index in [1.165, 1.54) is 10.3 Å². The summed E-state index contributed by atoms with van der Waals surface area (Å²) in [6.45, 7) is 7.91. The van der Waals surface area contributed by atoms with Crippen LogP contribution >= 0.6 is 23.6 Å². The van der Waals surface area contributed by atoms with E-state index in [-0.39, 0.29) is 12.2 Å². The Kier molecular flexibility index (Phi) is 5.12. The molecule has 2 atom stereocenters. The molecule has 0 aliphatic carbocycles. The van der Waals surface area contributed by atoms with E-state index in [9.17, 15) is 0 Å². The number of anilines is 1. The average Bonchev–Trinajstić information content (AvgIpc) is 3.04. The number of morpholine rings is 1. The van der Waals surface area contributed by atoms with E-state index in [2.05, 4.69) is 73.5 Å². The molecule has 2 aromatic carbocycles. The molecule has 0 spiro atoms. The quantitative estimate of drug-likeness (QED) is 0.611. The van der Waals surface area contributed by atoms with Crippen LogP contribution in [0.3, 0.4) is 0 Å². The number of thiazole rings is 1. The molecule has 4 nitrogen and oxygen atoms in total. The Bertz CT molecular complexity index is 957. The van der Waals surface area contributed by atoms with E-state index >= 15 is 0 Å². The molecular formula is C21H23N3OS2. The van der Waals surface area contributed by atoms with Crippen LogP contribution in [0, 0.1) is 6.92 Å². The standard InChI is InChI=1S/C21H23N3OS2/c1-13-4-9-18-19(10-13)27-20(23-18)16-5-7-17(8-6-16)22-21(26)24-11-14(2)25-15(3)12-24/h4-10,14-15H,11-12H2,1-3H3,(H,22,26)/t14-,15-/m0/s1. The van der Waals surface area contributed by atoms with E-state index in [0.29, 0.717) is 0 Å². The van der Waals surface area contributed by atoms with Crippen molar-refractivity contribution >= 4 is 44.6 Å². The molecule has 0 unspecified atom stereocenters. The molecule has 27 heavy (non-hydrogen) atoms. The summed E-state index contributed by atoms with van der Waals surface area (Å²) in [4.78, 5) is 6.93. The SMILES string of the molecule is Cc1ccc2nc(-c3ccc(NC(=S)N4C[C@H](C)O[C@@H](C)C4)cc3)sc2c1. The minimum absolute atomic E-state index is 0.193. The predicted octanol–water partition coefficient (Wildman–Crippen LogP) is 5.08. The van der Waals surface area contributed by atoms with E-state index < -0.39 is 0 Å². The van der Waals surface area contributed by atoms with Gasteiger partial charge in [-0.2, -0.15) is 0 Å². The van der Waals surface area contributed by atoms with Gasteiger partial charge in [0, 0.05) is 24.3 Å². The maximum atomic E-state index is 5.78. The third kappa shape index (κ3) is 4.13. The van der Waals surface area contributed by atoms with E-state index in [1.807, 2.05) is 0 Å². The van der Waals surface area contributed by atoms with Gasteiger partial charge in [0.2, 0.25) is 0 Å². The number of hydrogen-bond acceptors (Lipinski definition) is 4. The maximum Gasteiger partial charge on any atom is 0.173 e. The summed E-state index contributed by atoms with van der Waals surface area (Å²) in [5.74, 6) is 0. The molecule has 4 rings (SSSR count). The van der Waals surface area contributed by atoms with E-state index in [0.717, 1.165) is 40.0 Å². The van der Waals surface area contributed by atoms with Gasteiger partial charge in [0.15, 0.2) is 5.11 Å². The van der Waals surface area contributed by atoms with Crippen molar-refractivity contribution in [2.75, 3.05) is 18.4 Å². The van der Waals surface area contributed by atoms with Crippen LogP contribution in [-0.4, -0.2) is 40.3 Å². The summed E-state index contributed by atoms with van der Waals surface area (Å²) in [7, 11) is 0. The summed E-state index contributed by atoms with van der Waals surface area (Å²) in [5, 5.41) is 5.14. The van der Waals surface area contributed by atoms with Crippen molar-refractivity contribution < 1.29 is 4.74 Å². The third-order valence-corrected chi connectivity index (χ3v) is 6.06. The molecule has 0 bridgehead atoms. The minimum atomic E-state index is 0.193. The normalized spacial score (nSPS) is 20.0. The lowest BCUT2D eigenvalue weighted by Gasteiger charge is -2.36. The predicted molar refractivity (Wildman–Crippen MR) is 118 cm³/mol. The summed E-state index contributed by atoms with van der Waals surface area (Å²) in [6, 6.07) is 14.7. The first-order valence-electron chi connectivity index (χ1n) is 9.17. The Balaban J connectivity index is 1.47. The summed E-state index contributed by atoms with van der Waals surface area (Å²) < 4.78 is 7.00. The zero-order valence-corrected chi connectivity index (χ0v) is 17.4. The number of ether oxygens (including phenoxy) is 1. The minimum Gasteiger partial charge on any atom is -0.372 e. The van der Waals surface area contributed by atoms with Crippen LogP contribution in [0.1, 0.15) is 19.4 Å². The van der Waals surface area contributed by atoms with Crippen molar-refractivity contribution in [3.05, 3.63) is 48.0 Å². The molecule has 1 aromatic heterocycles. The second kappa shape index (κ2) is 7.54. The van der Waals surface area contributed by atoms with E-state index in [1.54, 1.807) is 11.3 Å². The lowest BCUT2D eigenvalue weighted by molar-refractivity contribution is -0.0473. The highest BCUT2D eigenvalue weighted by molar-refractivity contribution is 7.80. The number of aryl methyl sites for hydroxylation is 1. The first kappa shape index (κ1) is 18.3. The zero-order valence-electron chi connectivity index (χ0n) is 15.7. The van der Waals surface area contributed by atoms with Gasteiger partial charge in [0.05, 0.1) is 22.4 Å². The summed E-state index contributed by atoms with van der Waals surface area (Å²) in [5.41, 5.74) is 4.43. The Morgan fingerprint density at radius 3 is 2.56 bits per heavy atom. The van der Waals surface area contributed by atoms with Gasteiger partial charge in [-0.15, -0.1) is 11.3 Å². The second-order valence-corrected chi connectivity index (χ2v) is 8.58. The Labute approximate surface area is 169 Å². The highest BCUT2D eigenvalue weighted by Gasteiger charge is 2.23. The average molecular weight is 398 g/mol. The highest BCUT2D eigenvalue weighted by atomic mass is 32.1. The topological polar surface area (TPSA) is 37.4 Å². The number of aromatic nitrogens is 1. The fourth-order valence-electron chi connectivity index (χ4n) is 3.40. The lowest BCUT2D eigenvalue weighted by atomic mass is 10.2. The third-order valence-electron chi connectivity index (χ3n) is 4.63. The van der Waals surface area contributed by atoms with Gasteiger partial charge in [-0.05, 0) is 75.0 Å². The number of fused-ring (bicyclic) bond motifs is 1. The molecule has 1 aliphatic heterocycles. The summed E-state index contributed by atoms with van der Waals surface area (Å²) in [6.07, 6.45) is 0.386. The largest absolute Gasteiger partial charge is 0.372 e.